The molecule has 0 saturated heterocycles. The number of para-hydroxylation sites is 1. The van der Waals surface area contributed by atoms with Gasteiger partial charge in [-0.25, -0.2) is 4.39 Å². The lowest BCUT2D eigenvalue weighted by Crippen LogP contribution is -2.12. The lowest BCUT2D eigenvalue weighted by atomic mass is 10.0. The molecule has 0 N–H and O–H groups in total. The van der Waals surface area contributed by atoms with Gasteiger partial charge in [0.1, 0.15) is 16.5 Å². The highest BCUT2D eigenvalue weighted by molar-refractivity contribution is 7.87. The second-order valence-electron chi connectivity index (χ2n) is 5.14. The molecule has 0 heterocycles. The van der Waals surface area contributed by atoms with Crippen LogP contribution in [0.1, 0.15) is 30.9 Å². The predicted molar refractivity (Wildman–Crippen MR) is 79.5 cm³/mol. The van der Waals surface area contributed by atoms with Gasteiger partial charge in [-0.2, -0.15) is 8.42 Å². The van der Waals surface area contributed by atoms with Gasteiger partial charge in [-0.3, -0.25) is 0 Å². The molecule has 0 saturated carbocycles. The Morgan fingerprint density at radius 3 is 2.38 bits per heavy atom. The molecule has 0 unspecified atom stereocenters. The third-order valence-electron chi connectivity index (χ3n) is 3.15. The van der Waals surface area contributed by atoms with E-state index in [0.29, 0.717) is 11.3 Å². The summed E-state index contributed by atoms with van der Waals surface area (Å²) in [6.07, 6.45) is 0. The van der Waals surface area contributed by atoms with Gasteiger partial charge < -0.3 is 4.18 Å². The highest BCUT2D eigenvalue weighted by Crippen LogP contribution is 2.29. The van der Waals surface area contributed by atoms with Crippen LogP contribution in [0.3, 0.4) is 0 Å². The fourth-order valence-corrected chi connectivity index (χ4v) is 3.26. The van der Waals surface area contributed by atoms with Crippen LogP contribution >= 0.6 is 0 Å². The Kier molecular flexibility index (Phi) is 4.32. The molecule has 0 radical (unpaired) electrons. The quantitative estimate of drug-likeness (QED) is 0.801. The van der Waals surface area contributed by atoms with Crippen LogP contribution in [0.5, 0.6) is 5.75 Å². The number of benzene rings is 2. The van der Waals surface area contributed by atoms with Crippen molar-refractivity contribution in [3.05, 3.63) is 59.4 Å². The summed E-state index contributed by atoms with van der Waals surface area (Å²) in [5, 5.41) is 0. The van der Waals surface area contributed by atoms with Crippen LogP contribution in [0, 0.1) is 12.7 Å². The highest BCUT2D eigenvalue weighted by atomic mass is 32.2. The zero-order chi connectivity index (χ0) is 15.6. The second kappa shape index (κ2) is 5.85. The summed E-state index contributed by atoms with van der Waals surface area (Å²) in [6, 6.07) is 10.5. The van der Waals surface area contributed by atoms with Crippen molar-refractivity contribution < 1.29 is 17.0 Å². The van der Waals surface area contributed by atoms with E-state index in [4.69, 9.17) is 4.18 Å². The first kappa shape index (κ1) is 15.5. The molecule has 0 aliphatic heterocycles. The molecule has 3 nitrogen and oxygen atoms in total. The smallest absolute Gasteiger partial charge is 0.339 e. The van der Waals surface area contributed by atoms with Crippen molar-refractivity contribution in [2.24, 2.45) is 0 Å². The van der Waals surface area contributed by atoms with Gasteiger partial charge in [-0.15, -0.1) is 0 Å². The molecule has 0 atom stereocenters. The molecule has 2 aromatic carbocycles. The molecule has 0 amide bonds. The van der Waals surface area contributed by atoms with E-state index in [-0.39, 0.29) is 10.8 Å². The van der Waals surface area contributed by atoms with Crippen molar-refractivity contribution >= 4 is 10.1 Å². The second-order valence-corrected chi connectivity index (χ2v) is 6.65. The van der Waals surface area contributed by atoms with E-state index in [1.165, 1.54) is 19.1 Å². The maximum absolute atomic E-state index is 13.1. The summed E-state index contributed by atoms with van der Waals surface area (Å²) >= 11 is 0. The molecule has 0 aromatic heterocycles. The Labute approximate surface area is 124 Å². The van der Waals surface area contributed by atoms with Gasteiger partial charge in [0.05, 0.1) is 0 Å². The largest absolute Gasteiger partial charge is 0.379 e. The average Bonchev–Trinajstić information content (AvgIpc) is 2.37. The molecule has 0 aliphatic carbocycles. The molecule has 5 heteroatoms. The minimum Gasteiger partial charge on any atom is -0.379 e. The SMILES string of the molecule is Cc1cc(F)ccc1S(=O)(=O)Oc1ccccc1C(C)C. The van der Waals surface area contributed by atoms with Gasteiger partial charge in [0.25, 0.3) is 0 Å². The summed E-state index contributed by atoms with van der Waals surface area (Å²) in [5.41, 5.74) is 1.12. The summed E-state index contributed by atoms with van der Waals surface area (Å²) in [6.45, 7) is 5.45. The van der Waals surface area contributed by atoms with E-state index >= 15 is 0 Å². The van der Waals surface area contributed by atoms with Crippen LogP contribution in [0.4, 0.5) is 4.39 Å². The molecule has 0 bridgehead atoms. The molecule has 2 aromatic rings. The molecule has 0 spiro atoms. The van der Waals surface area contributed by atoms with Gasteiger partial charge in [0.2, 0.25) is 0 Å². The summed E-state index contributed by atoms with van der Waals surface area (Å²) in [7, 11) is -3.98. The fraction of sp³-hybridized carbons (Fsp3) is 0.250. The average molecular weight is 308 g/mol. The van der Waals surface area contributed by atoms with Crippen molar-refractivity contribution in [1.29, 1.82) is 0 Å². The minimum absolute atomic E-state index is 0.0255. The number of halogens is 1. The Hall–Kier alpha value is -1.88. The topological polar surface area (TPSA) is 43.4 Å². The molecule has 0 aliphatic rings. The molecule has 0 fully saturated rings. The van der Waals surface area contributed by atoms with E-state index in [2.05, 4.69) is 0 Å². The summed E-state index contributed by atoms with van der Waals surface area (Å²) in [4.78, 5) is -0.0255. The molecule has 21 heavy (non-hydrogen) atoms. The molecular formula is C16H17FO3S. The summed E-state index contributed by atoms with van der Waals surface area (Å²) in [5.74, 6) is -0.0454. The first-order valence-electron chi connectivity index (χ1n) is 6.61. The van der Waals surface area contributed by atoms with Crippen LogP contribution in [0.2, 0.25) is 0 Å². The zero-order valence-electron chi connectivity index (χ0n) is 12.1. The highest BCUT2D eigenvalue weighted by Gasteiger charge is 2.21. The fourth-order valence-electron chi connectivity index (χ4n) is 2.09. The van der Waals surface area contributed by atoms with E-state index in [9.17, 15) is 12.8 Å². The molecular weight excluding hydrogens is 291 g/mol. The molecule has 112 valence electrons. The number of hydrogen-bond donors (Lipinski definition) is 0. The zero-order valence-corrected chi connectivity index (χ0v) is 12.9. The predicted octanol–water partition coefficient (Wildman–Crippen LogP) is 4.03. The van der Waals surface area contributed by atoms with Crippen molar-refractivity contribution in [2.75, 3.05) is 0 Å². The molecule has 2 rings (SSSR count). The van der Waals surface area contributed by atoms with Crippen LogP contribution < -0.4 is 4.18 Å². The normalized spacial score (nSPS) is 11.7. The Bertz CT molecular complexity index is 752. The first-order valence-corrected chi connectivity index (χ1v) is 8.01. The minimum atomic E-state index is -3.98. The maximum Gasteiger partial charge on any atom is 0.339 e. The van der Waals surface area contributed by atoms with Gasteiger partial charge in [0.15, 0.2) is 0 Å². The van der Waals surface area contributed by atoms with Crippen LogP contribution in [0.15, 0.2) is 47.4 Å². The Balaban J connectivity index is 2.43. The van der Waals surface area contributed by atoms with Crippen LogP contribution in [0.25, 0.3) is 0 Å². The lowest BCUT2D eigenvalue weighted by Gasteiger charge is -2.14. The van der Waals surface area contributed by atoms with E-state index in [0.717, 1.165) is 11.6 Å². The van der Waals surface area contributed by atoms with Gasteiger partial charge >= 0.3 is 10.1 Å². The Morgan fingerprint density at radius 2 is 1.76 bits per heavy atom. The van der Waals surface area contributed by atoms with Crippen LogP contribution in [-0.4, -0.2) is 8.42 Å². The lowest BCUT2D eigenvalue weighted by molar-refractivity contribution is 0.480. The van der Waals surface area contributed by atoms with E-state index < -0.39 is 15.9 Å². The maximum atomic E-state index is 13.1. The standard InChI is InChI=1S/C16H17FO3S/c1-11(2)14-6-4-5-7-15(14)20-21(18,19)16-9-8-13(17)10-12(16)3/h4-11H,1-3H3. The van der Waals surface area contributed by atoms with Crippen molar-refractivity contribution in [2.45, 2.75) is 31.6 Å². The first-order chi connectivity index (χ1) is 9.81. The van der Waals surface area contributed by atoms with Gasteiger partial charge in [-0.1, -0.05) is 32.0 Å². The van der Waals surface area contributed by atoms with Crippen molar-refractivity contribution in [3.8, 4) is 5.75 Å². The number of rotatable bonds is 4. The monoisotopic (exact) mass is 308 g/mol. The van der Waals surface area contributed by atoms with E-state index in [1.807, 2.05) is 26.0 Å². The third kappa shape index (κ3) is 3.42. The Morgan fingerprint density at radius 1 is 1.10 bits per heavy atom. The third-order valence-corrected chi connectivity index (χ3v) is 4.54. The van der Waals surface area contributed by atoms with E-state index in [1.54, 1.807) is 12.1 Å². The number of hydrogen-bond acceptors (Lipinski definition) is 3. The van der Waals surface area contributed by atoms with Crippen molar-refractivity contribution in [3.63, 3.8) is 0 Å². The van der Waals surface area contributed by atoms with Gasteiger partial charge in [0, 0.05) is 0 Å². The summed E-state index contributed by atoms with van der Waals surface area (Å²) < 4.78 is 43.1. The number of aryl methyl sites for hydroxylation is 1. The van der Waals surface area contributed by atoms with Crippen LogP contribution in [-0.2, 0) is 10.1 Å². The van der Waals surface area contributed by atoms with Gasteiger partial charge in [-0.05, 0) is 48.2 Å². The van der Waals surface area contributed by atoms with Crippen molar-refractivity contribution in [1.82, 2.24) is 0 Å².